The van der Waals surface area contributed by atoms with Crippen LogP contribution < -0.4 is 4.72 Å². The predicted octanol–water partition coefficient (Wildman–Crippen LogP) is 1.40. The van der Waals surface area contributed by atoms with E-state index in [1.54, 1.807) is 0 Å². The van der Waals surface area contributed by atoms with Gasteiger partial charge in [0.25, 0.3) is 0 Å². The zero-order valence-corrected chi connectivity index (χ0v) is 10.6. The first kappa shape index (κ1) is 14.0. The standard InChI is InChI=1S/C10H12ClNO4S/c1-2-17(15,16)12-9(10(13)14)7-3-5-8(11)6-4-7/h3-6,9,12H,2H2,1H3,(H,13,14). The second-order valence-corrected chi connectivity index (χ2v) is 5.82. The van der Waals surface area contributed by atoms with E-state index in [1.165, 1.54) is 31.2 Å². The van der Waals surface area contributed by atoms with E-state index in [-0.39, 0.29) is 5.75 Å². The largest absolute Gasteiger partial charge is 0.480 e. The highest BCUT2D eigenvalue weighted by molar-refractivity contribution is 7.89. The number of carbonyl (C=O) groups is 1. The normalized spacial score (nSPS) is 13.3. The van der Waals surface area contributed by atoms with Gasteiger partial charge in [0, 0.05) is 5.02 Å². The second-order valence-electron chi connectivity index (χ2n) is 3.34. The van der Waals surface area contributed by atoms with Crippen LogP contribution in [0.4, 0.5) is 0 Å². The average Bonchev–Trinajstić information content (AvgIpc) is 2.27. The molecule has 0 radical (unpaired) electrons. The molecular weight excluding hydrogens is 266 g/mol. The van der Waals surface area contributed by atoms with E-state index in [9.17, 15) is 13.2 Å². The van der Waals surface area contributed by atoms with Crippen LogP contribution in [-0.2, 0) is 14.8 Å². The van der Waals surface area contributed by atoms with Crippen LogP contribution in [0.5, 0.6) is 0 Å². The van der Waals surface area contributed by atoms with E-state index in [0.717, 1.165) is 0 Å². The molecule has 0 aromatic heterocycles. The molecule has 17 heavy (non-hydrogen) atoms. The van der Waals surface area contributed by atoms with Crippen molar-refractivity contribution in [3.05, 3.63) is 34.9 Å². The van der Waals surface area contributed by atoms with Crippen LogP contribution in [-0.4, -0.2) is 25.2 Å². The minimum absolute atomic E-state index is 0.176. The maximum atomic E-state index is 11.4. The molecule has 1 unspecified atom stereocenters. The number of halogens is 1. The molecule has 0 aliphatic carbocycles. The lowest BCUT2D eigenvalue weighted by Gasteiger charge is -2.14. The van der Waals surface area contributed by atoms with Crippen molar-refractivity contribution in [2.75, 3.05) is 5.75 Å². The molecule has 1 rings (SSSR count). The molecule has 0 saturated carbocycles. The average molecular weight is 278 g/mol. The van der Waals surface area contributed by atoms with Gasteiger partial charge in [0.15, 0.2) is 0 Å². The van der Waals surface area contributed by atoms with Crippen molar-refractivity contribution in [2.45, 2.75) is 13.0 Å². The summed E-state index contributed by atoms with van der Waals surface area (Å²) in [6, 6.07) is 4.66. The topological polar surface area (TPSA) is 83.5 Å². The van der Waals surface area contributed by atoms with E-state index in [1.807, 2.05) is 0 Å². The Morgan fingerprint density at radius 3 is 2.35 bits per heavy atom. The summed E-state index contributed by atoms with van der Waals surface area (Å²) in [7, 11) is -3.59. The van der Waals surface area contributed by atoms with E-state index < -0.39 is 22.0 Å². The highest BCUT2D eigenvalue weighted by Gasteiger charge is 2.24. The molecule has 0 amide bonds. The van der Waals surface area contributed by atoms with Crippen LogP contribution in [0.2, 0.25) is 5.02 Å². The molecule has 1 atom stereocenters. The molecule has 0 aliphatic rings. The molecular formula is C10H12ClNO4S. The highest BCUT2D eigenvalue weighted by atomic mass is 35.5. The Labute approximate surface area is 104 Å². The van der Waals surface area contributed by atoms with Gasteiger partial charge in [0.2, 0.25) is 10.0 Å². The molecule has 2 N–H and O–H groups in total. The van der Waals surface area contributed by atoms with Gasteiger partial charge >= 0.3 is 5.97 Å². The third kappa shape index (κ3) is 3.99. The number of hydrogen-bond acceptors (Lipinski definition) is 3. The third-order valence-corrected chi connectivity index (χ3v) is 3.73. The van der Waals surface area contributed by atoms with Gasteiger partial charge in [0.1, 0.15) is 6.04 Å². The summed E-state index contributed by atoms with van der Waals surface area (Å²) in [5.74, 6) is -1.44. The summed E-state index contributed by atoms with van der Waals surface area (Å²) >= 11 is 5.67. The third-order valence-electron chi connectivity index (χ3n) is 2.13. The minimum atomic E-state index is -3.59. The van der Waals surface area contributed by atoms with Gasteiger partial charge in [-0.3, -0.25) is 4.79 Å². The van der Waals surface area contributed by atoms with Crippen molar-refractivity contribution in [1.82, 2.24) is 4.72 Å². The fraction of sp³-hybridized carbons (Fsp3) is 0.300. The second kappa shape index (κ2) is 5.48. The van der Waals surface area contributed by atoms with Crippen LogP contribution in [0.3, 0.4) is 0 Å². The van der Waals surface area contributed by atoms with Crippen molar-refractivity contribution in [3.63, 3.8) is 0 Å². The summed E-state index contributed by atoms with van der Waals surface area (Å²) < 4.78 is 24.8. The van der Waals surface area contributed by atoms with E-state index in [0.29, 0.717) is 10.6 Å². The van der Waals surface area contributed by atoms with E-state index in [4.69, 9.17) is 16.7 Å². The molecule has 0 bridgehead atoms. The van der Waals surface area contributed by atoms with Crippen LogP contribution >= 0.6 is 11.6 Å². The first-order chi connectivity index (χ1) is 7.85. The summed E-state index contributed by atoms with van der Waals surface area (Å²) in [5, 5.41) is 9.45. The Kier molecular flexibility index (Phi) is 4.50. The predicted molar refractivity (Wildman–Crippen MR) is 64.4 cm³/mol. The summed E-state index contributed by atoms with van der Waals surface area (Å²) in [6.45, 7) is 1.43. The summed E-state index contributed by atoms with van der Waals surface area (Å²) in [6.07, 6.45) is 0. The molecule has 1 aromatic rings. The molecule has 94 valence electrons. The maximum absolute atomic E-state index is 11.4. The Morgan fingerprint density at radius 1 is 1.41 bits per heavy atom. The number of nitrogens with one attached hydrogen (secondary N) is 1. The Morgan fingerprint density at radius 2 is 1.94 bits per heavy atom. The molecule has 0 spiro atoms. The van der Waals surface area contributed by atoms with Crippen molar-refractivity contribution in [2.24, 2.45) is 0 Å². The molecule has 0 saturated heterocycles. The van der Waals surface area contributed by atoms with Crippen molar-refractivity contribution in [1.29, 1.82) is 0 Å². The van der Waals surface area contributed by atoms with Crippen molar-refractivity contribution >= 4 is 27.6 Å². The van der Waals surface area contributed by atoms with E-state index >= 15 is 0 Å². The maximum Gasteiger partial charge on any atom is 0.326 e. The molecule has 0 heterocycles. The molecule has 7 heteroatoms. The van der Waals surface area contributed by atoms with Crippen molar-refractivity contribution < 1.29 is 18.3 Å². The number of aliphatic carboxylic acids is 1. The smallest absolute Gasteiger partial charge is 0.326 e. The number of hydrogen-bond donors (Lipinski definition) is 2. The SMILES string of the molecule is CCS(=O)(=O)NC(C(=O)O)c1ccc(Cl)cc1. The zero-order chi connectivity index (χ0) is 13.1. The quantitative estimate of drug-likeness (QED) is 0.852. The minimum Gasteiger partial charge on any atom is -0.480 e. The van der Waals surface area contributed by atoms with Gasteiger partial charge in [-0.2, -0.15) is 4.72 Å². The lowest BCUT2D eigenvalue weighted by Crippen LogP contribution is -2.34. The fourth-order valence-corrected chi connectivity index (χ4v) is 2.07. The number of carboxylic acids is 1. The Hall–Kier alpha value is -1.11. The van der Waals surface area contributed by atoms with Gasteiger partial charge in [-0.15, -0.1) is 0 Å². The lowest BCUT2D eigenvalue weighted by molar-refractivity contribution is -0.139. The van der Waals surface area contributed by atoms with Gasteiger partial charge in [-0.25, -0.2) is 8.42 Å². The van der Waals surface area contributed by atoms with Gasteiger partial charge < -0.3 is 5.11 Å². The van der Waals surface area contributed by atoms with Gasteiger partial charge in [0.05, 0.1) is 5.75 Å². The van der Waals surface area contributed by atoms with Crippen molar-refractivity contribution in [3.8, 4) is 0 Å². The van der Waals surface area contributed by atoms with Crippen LogP contribution in [0.15, 0.2) is 24.3 Å². The number of carboxylic acid groups (broad SMARTS) is 1. The van der Waals surface area contributed by atoms with Crippen LogP contribution in [0, 0.1) is 0 Å². The number of benzene rings is 1. The van der Waals surface area contributed by atoms with Crippen LogP contribution in [0.1, 0.15) is 18.5 Å². The molecule has 5 nitrogen and oxygen atoms in total. The van der Waals surface area contributed by atoms with Gasteiger partial charge in [-0.1, -0.05) is 23.7 Å². The van der Waals surface area contributed by atoms with Crippen LogP contribution in [0.25, 0.3) is 0 Å². The Balaban J connectivity index is 3.02. The summed E-state index contributed by atoms with van der Waals surface area (Å²) in [5.41, 5.74) is 0.332. The van der Waals surface area contributed by atoms with E-state index in [2.05, 4.69) is 4.72 Å². The first-order valence-corrected chi connectivity index (χ1v) is 6.87. The van der Waals surface area contributed by atoms with Gasteiger partial charge in [-0.05, 0) is 24.6 Å². The number of rotatable bonds is 5. The lowest BCUT2D eigenvalue weighted by atomic mass is 10.1. The monoisotopic (exact) mass is 277 g/mol. The Bertz CT molecular complexity index is 498. The molecule has 0 fully saturated rings. The fourth-order valence-electron chi connectivity index (χ4n) is 1.18. The summed E-state index contributed by atoms with van der Waals surface area (Å²) in [4.78, 5) is 11.0. The molecule has 0 aliphatic heterocycles. The first-order valence-electron chi connectivity index (χ1n) is 4.84. The zero-order valence-electron chi connectivity index (χ0n) is 9.05. The molecule has 1 aromatic carbocycles. The number of sulfonamides is 1. The highest BCUT2D eigenvalue weighted by Crippen LogP contribution is 2.17.